The molecule has 56 valence electrons. The summed E-state index contributed by atoms with van der Waals surface area (Å²) in [5, 5.41) is 0. The Bertz CT molecular complexity index is 132. The molecule has 0 aromatic heterocycles. The topological polar surface area (TPSA) is 83.8 Å². The van der Waals surface area contributed by atoms with Crippen molar-refractivity contribution in [3.8, 4) is 0 Å². The first-order chi connectivity index (χ1) is 4.00. The van der Waals surface area contributed by atoms with Crippen LogP contribution in [0.1, 0.15) is 6.42 Å². The predicted octanol–water partition coefficient (Wildman–Crippen LogP) is -0.246. The van der Waals surface area contributed by atoms with Gasteiger partial charge in [0.1, 0.15) is 0 Å². The Kier molecular flexibility index (Phi) is 3.71. The standard InChI is InChI=1S/C3H6O.H2O4S/c1-2-4-3-1;1-5(2,3)4/h1-3H2;(H2,1,2,3,4). The van der Waals surface area contributed by atoms with Gasteiger partial charge in [-0.2, -0.15) is 8.42 Å². The van der Waals surface area contributed by atoms with Crippen molar-refractivity contribution in [2.45, 2.75) is 6.42 Å². The van der Waals surface area contributed by atoms with Crippen molar-refractivity contribution in [1.29, 1.82) is 0 Å². The molecule has 2 N–H and O–H groups in total. The highest BCUT2D eigenvalue weighted by atomic mass is 32.3. The molecule has 0 bridgehead atoms. The van der Waals surface area contributed by atoms with E-state index in [4.69, 9.17) is 22.3 Å². The van der Waals surface area contributed by atoms with Crippen molar-refractivity contribution < 1.29 is 22.3 Å². The highest BCUT2D eigenvalue weighted by Crippen LogP contribution is 1.93. The molecule has 0 amide bonds. The average molecular weight is 156 g/mol. The van der Waals surface area contributed by atoms with E-state index in [-0.39, 0.29) is 0 Å². The Balaban J connectivity index is 0.000000144. The molecule has 5 nitrogen and oxygen atoms in total. The zero-order valence-corrected chi connectivity index (χ0v) is 5.47. The first kappa shape index (κ1) is 8.83. The largest absolute Gasteiger partial charge is 0.394 e. The number of hydrogen-bond acceptors (Lipinski definition) is 3. The lowest BCUT2D eigenvalue weighted by Crippen LogP contribution is -2.09. The van der Waals surface area contributed by atoms with Gasteiger partial charge in [0.15, 0.2) is 0 Å². The van der Waals surface area contributed by atoms with Crippen molar-refractivity contribution in [2.75, 3.05) is 13.2 Å². The van der Waals surface area contributed by atoms with E-state index >= 15 is 0 Å². The highest BCUT2D eigenvalue weighted by Gasteiger charge is 1.94. The maximum absolute atomic E-state index is 8.74. The van der Waals surface area contributed by atoms with Crippen LogP contribution in [0.2, 0.25) is 0 Å². The summed E-state index contributed by atoms with van der Waals surface area (Å²) >= 11 is 0. The summed E-state index contributed by atoms with van der Waals surface area (Å²) in [7, 11) is -4.67. The highest BCUT2D eigenvalue weighted by molar-refractivity contribution is 7.79. The molecule has 0 saturated carbocycles. The summed E-state index contributed by atoms with van der Waals surface area (Å²) in [6.45, 7) is 2.00. The van der Waals surface area contributed by atoms with Gasteiger partial charge in [-0.15, -0.1) is 0 Å². The van der Waals surface area contributed by atoms with E-state index in [0.717, 1.165) is 13.2 Å². The number of rotatable bonds is 0. The van der Waals surface area contributed by atoms with Gasteiger partial charge in [0, 0.05) is 13.2 Å². The van der Waals surface area contributed by atoms with Gasteiger partial charge >= 0.3 is 10.4 Å². The second-order valence-corrected chi connectivity index (χ2v) is 2.31. The molecule has 0 aliphatic carbocycles. The van der Waals surface area contributed by atoms with Gasteiger partial charge in [0.2, 0.25) is 0 Å². The second-order valence-electron chi connectivity index (χ2n) is 1.41. The minimum Gasteiger partial charge on any atom is -0.381 e. The molecule has 1 rings (SSSR count). The quantitative estimate of drug-likeness (QED) is 0.472. The van der Waals surface area contributed by atoms with E-state index in [1.165, 1.54) is 6.42 Å². The van der Waals surface area contributed by atoms with E-state index in [1.807, 2.05) is 0 Å². The molecule has 1 saturated heterocycles. The second kappa shape index (κ2) is 3.78. The van der Waals surface area contributed by atoms with Crippen LogP contribution in [0.4, 0.5) is 0 Å². The normalized spacial score (nSPS) is 17.1. The number of hydrogen-bond donors (Lipinski definition) is 2. The van der Waals surface area contributed by atoms with Crippen molar-refractivity contribution in [2.24, 2.45) is 0 Å². The van der Waals surface area contributed by atoms with Gasteiger partial charge < -0.3 is 4.74 Å². The van der Waals surface area contributed by atoms with Crippen LogP contribution in [-0.4, -0.2) is 30.7 Å². The van der Waals surface area contributed by atoms with E-state index in [2.05, 4.69) is 0 Å². The monoisotopic (exact) mass is 156 g/mol. The third kappa shape index (κ3) is 18.1. The van der Waals surface area contributed by atoms with Crippen LogP contribution < -0.4 is 0 Å². The zero-order valence-electron chi connectivity index (χ0n) is 4.65. The van der Waals surface area contributed by atoms with Gasteiger partial charge in [-0.05, 0) is 6.42 Å². The molecule has 1 aliphatic rings. The Hall–Kier alpha value is -0.170. The van der Waals surface area contributed by atoms with E-state index < -0.39 is 10.4 Å². The van der Waals surface area contributed by atoms with E-state index in [9.17, 15) is 0 Å². The van der Waals surface area contributed by atoms with Crippen molar-refractivity contribution in [3.05, 3.63) is 0 Å². The summed E-state index contributed by atoms with van der Waals surface area (Å²) < 4.78 is 36.3. The van der Waals surface area contributed by atoms with Crippen LogP contribution in [0.15, 0.2) is 0 Å². The lowest BCUT2D eigenvalue weighted by molar-refractivity contribution is 0.0367. The fourth-order valence-corrected chi connectivity index (χ4v) is 0.144. The molecule has 1 fully saturated rings. The summed E-state index contributed by atoms with van der Waals surface area (Å²) in [5.41, 5.74) is 0. The molecule has 0 spiro atoms. The molecule has 0 aromatic carbocycles. The first-order valence-electron chi connectivity index (χ1n) is 2.28. The molecule has 0 radical (unpaired) electrons. The first-order valence-corrected chi connectivity index (χ1v) is 3.67. The molecule has 1 aliphatic heterocycles. The Labute approximate surface area is 53.2 Å². The minimum absolute atomic E-state index is 1.00. The van der Waals surface area contributed by atoms with Crippen molar-refractivity contribution in [3.63, 3.8) is 0 Å². The van der Waals surface area contributed by atoms with Gasteiger partial charge in [-0.25, -0.2) is 0 Å². The zero-order chi connectivity index (χ0) is 7.33. The van der Waals surface area contributed by atoms with Crippen molar-refractivity contribution in [1.82, 2.24) is 0 Å². The van der Waals surface area contributed by atoms with Gasteiger partial charge in [0.05, 0.1) is 0 Å². The SMILES string of the molecule is C1COC1.O=S(=O)(O)O. The lowest BCUT2D eigenvalue weighted by atomic mass is 10.4. The fraction of sp³-hybridized carbons (Fsp3) is 1.00. The van der Waals surface area contributed by atoms with Gasteiger partial charge in [0.25, 0.3) is 0 Å². The predicted molar refractivity (Wildman–Crippen MR) is 29.6 cm³/mol. The summed E-state index contributed by atoms with van der Waals surface area (Å²) in [5.74, 6) is 0. The molecular formula is C3H8O5S. The fourth-order valence-electron chi connectivity index (χ4n) is 0.144. The molecule has 6 heteroatoms. The van der Waals surface area contributed by atoms with Gasteiger partial charge in [-0.1, -0.05) is 0 Å². The molecule has 0 aromatic rings. The Morgan fingerprint density at radius 1 is 1.22 bits per heavy atom. The van der Waals surface area contributed by atoms with E-state index in [1.54, 1.807) is 0 Å². The van der Waals surface area contributed by atoms with Crippen LogP contribution in [0.3, 0.4) is 0 Å². The molecule has 9 heavy (non-hydrogen) atoms. The smallest absolute Gasteiger partial charge is 0.381 e. The maximum atomic E-state index is 8.74. The van der Waals surface area contributed by atoms with Gasteiger partial charge in [-0.3, -0.25) is 9.11 Å². The lowest BCUT2D eigenvalue weighted by Gasteiger charge is -2.09. The Morgan fingerprint density at radius 3 is 1.33 bits per heavy atom. The van der Waals surface area contributed by atoms with Crippen LogP contribution in [-0.2, 0) is 15.1 Å². The average Bonchev–Trinajstić information content (AvgIpc) is 1.12. The Morgan fingerprint density at radius 2 is 1.33 bits per heavy atom. The molecular weight excluding hydrogens is 148 g/mol. The van der Waals surface area contributed by atoms with E-state index in [0.29, 0.717) is 0 Å². The summed E-state index contributed by atoms with van der Waals surface area (Å²) in [6, 6.07) is 0. The third-order valence-electron chi connectivity index (χ3n) is 0.577. The maximum Gasteiger partial charge on any atom is 0.394 e. The summed E-state index contributed by atoms with van der Waals surface area (Å²) in [4.78, 5) is 0. The molecule has 1 heterocycles. The summed E-state index contributed by atoms with van der Waals surface area (Å²) in [6.07, 6.45) is 1.28. The van der Waals surface area contributed by atoms with Crippen LogP contribution in [0, 0.1) is 0 Å². The van der Waals surface area contributed by atoms with Crippen LogP contribution >= 0.6 is 0 Å². The number of ether oxygens (including phenoxy) is 1. The third-order valence-corrected chi connectivity index (χ3v) is 0.577. The van der Waals surface area contributed by atoms with Crippen LogP contribution in [0.25, 0.3) is 0 Å². The minimum atomic E-state index is -4.67. The molecule has 0 atom stereocenters. The van der Waals surface area contributed by atoms with Crippen LogP contribution in [0.5, 0.6) is 0 Å². The van der Waals surface area contributed by atoms with Crippen molar-refractivity contribution >= 4 is 10.4 Å². The molecule has 0 unspecified atom stereocenters.